The SMILES string of the molecule is COc1cc(Cl)c(C(F)(F)F)cc1NC(=O)c1cc2cccc(Oc3ccnc(CN4CCOCC4)n3)c2n1C. The molecular weight excluding hydrogens is 551 g/mol. The van der Waals surface area contributed by atoms with Gasteiger partial charge >= 0.3 is 6.18 Å². The highest BCUT2D eigenvalue weighted by Crippen LogP contribution is 2.40. The molecule has 1 saturated heterocycles. The molecule has 2 aromatic carbocycles. The fourth-order valence-electron chi connectivity index (χ4n) is 4.49. The molecule has 13 heteroatoms. The molecule has 1 aliphatic rings. The number of benzene rings is 2. The van der Waals surface area contributed by atoms with Gasteiger partial charge in [0.1, 0.15) is 17.3 Å². The minimum Gasteiger partial charge on any atom is -0.495 e. The highest BCUT2D eigenvalue weighted by molar-refractivity contribution is 6.31. The molecule has 9 nitrogen and oxygen atoms in total. The van der Waals surface area contributed by atoms with Gasteiger partial charge in [-0.1, -0.05) is 23.7 Å². The largest absolute Gasteiger partial charge is 0.495 e. The maximum atomic E-state index is 13.4. The molecule has 0 aliphatic carbocycles. The number of carbonyl (C=O) groups is 1. The first kappa shape index (κ1) is 27.7. The summed E-state index contributed by atoms with van der Waals surface area (Å²) in [6.07, 6.45) is -3.09. The lowest BCUT2D eigenvalue weighted by molar-refractivity contribution is -0.137. The van der Waals surface area contributed by atoms with Crippen LogP contribution in [0.4, 0.5) is 18.9 Å². The predicted octanol–water partition coefficient (Wildman–Crippen LogP) is 5.53. The number of methoxy groups -OCH3 is 1. The first-order valence-corrected chi connectivity index (χ1v) is 12.7. The number of anilines is 1. The number of carbonyl (C=O) groups excluding carboxylic acids is 1. The van der Waals surface area contributed by atoms with Gasteiger partial charge in [-0.15, -0.1) is 0 Å². The standard InChI is InChI=1S/C27H25ClF3N5O4/c1-35-20(26(37)33-19-13-17(27(29,30)31)18(28)14-22(19)38-2)12-16-4-3-5-21(25(16)35)40-24-6-7-32-23(34-24)15-36-8-10-39-11-9-36/h3-7,12-14H,8-11,15H2,1-2H3,(H,33,37). The van der Waals surface area contributed by atoms with Crippen LogP contribution in [0.5, 0.6) is 17.4 Å². The van der Waals surface area contributed by atoms with Gasteiger partial charge in [0.2, 0.25) is 5.88 Å². The molecule has 1 aliphatic heterocycles. The van der Waals surface area contributed by atoms with Crippen molar-refractivity contribution in [2.75, 3.05) is 38.7 Å². The summed E-state index contributed by atoms with van der Waals surface area (Å²) in [6, 6.07) is 10.3. The number of hydrogen-bond donors (Lipinski definition) is 1. The number of alkyl halides is 3. The lowest BCUT2D eigenvalue weighted by Crippen LogP contribution is -2.36. The van der Waals surface area contributed by atoms with Gasteiger partial charge in [-0.2, -0.15) is 18.2 Å². The van der Waals surface area contributed by atoms with E-state index in [2.05, 4.69) is 20.2 Å². The van der Waals surface area contributed by atoms with Gasteiger partial charge in [0.15, 0.2) is 5.75 Å². The summed E-state index contributed by atoms with van der Waals surface area (Å²) in [7, 11) is 2.93. The van der Waals surface area contributed by atoms with E-state index in [1.807, 2.05) is 0 Å². The molecule has 0 spiro atoms. The molecular formula is C27H25ClF3N5O4. The van der Waals surface area contributed by atoms with E-state index in [0.717, 1.165) is 25.2 Å². The lowest BCUT2D eigenvalue weighted by atomic mass is 10.1. The molecule has 210 valence electrons. The summed E-state index contributed by atoms with van der Waals surface area (Å²) in [5, 5.41) is 2.67. The Labute approximate surface area is 232 Å². The van der Waals surface area contributed by atoms with Gasteiger partial charge < -0.3 is 24.1 Å². The van der Waals surface area contributed by atoms with E-state index in [-0.39, 0.29) is 17.1 Å². The quantitative estimate of drug-likeness (QED) is 0.310. The zero-order chi connectivity index (χ0) is 28.4. The van der Waals surface area contributed by atoms with Crippen molar-refractivity contribution in [1.82, 2.24) is 19.4 Å². The molecule has 0 bridgehead atoms. The Morgan fingerprint density at radius 3 is 2.65 bits per heavy atom. The zero-order valence-corrected chi connectivity index (χ0v) is 22.3. The van der Waals surface area contributed by atoms with E-state index in [4.69, 9.17) is 25.8 Å². The Morgan fingerprint density at radius 2 is 1.93 bits per heavy atom. The summed E-state index contributed by atoms with van der Waals surface area (Å²) >= 11 is 5.79. The smallest absolute Gasteiger partial charge is 0.417 e. The first-order valence-electron chi connectivity index (χ1n) is 12.3. The summed E-state index contributed by atoms with van der Waals surface area (Å²) in [6.45, 7) is 3.47. The fraction of sp³-hybridized carbons (Fsp3) is 0.296. The third-order valence-corrected chi connectivity index (χ3v) is 6.77. The Bertz CT molecular complexity index is 1550. The van der Waals surface area contributed by atoms with Crippen LogP contribution in [0.3, 0.4) is 0 Å². The molecule has 2 aromatic heterocycles. The topological polar surface area (TPSA) is 90.7 Å². The molecule has 5 rings (SSSR count). The monoisotopic (exact) mass is 575 g/mol. The van der Waals surface area contributed by atoms with Crippen molar-refractivity contribution < 1.29 is 32.2 Å². The van der Waals surface area contributed by atoms with Crippen molar-refractivity contribution in [3.63, 3.8) is 0 Å². The Morgan fingerprint density at radius 1 is 1.15 bits per heavy atom. The molecule has 0 saturated carbocycles. The van der Waals surface area contributed by atoms with Crippen LogP contribution in [0.15, 0.2) is 48.7 Å². The summed E-state index contributed by atoms with van der Waals surface area (Å²) in [4.78, 5) is 24.3. The Kier molecular flexibility index (Phi) is 7.83. The average Bonchev–Trinajstić information content (AvgIpc) is 3.27. The van der Waals surface area contributed by atoms with Gasteiger partial charge in [0, 0.05) is 43.9 Å². The highest BCUT2D eigenvalue weighted by Gasteiger charge is 2.34. The van der Waals surface area contributed by atoms with Crippen LogP contribution in [0.1, 0.15) is 21.9 Å². The van der Waals surface area contributed by atoms with Gasteiger partial charge in [-0.05, 0) is 18.2 Å². The number of amides is 1. The number of ether oxygens (including phenoxy) is 3. The van der Waals surface area contributed by atoms with E-state index >= 15 is 0 Å². The molecule has 40 heavy (non-hydrogen) atoms. The van der Waals surface area contributed by atoms with Crippen molar-refractivity contribution in [3.05, 3.63) is 70.8 Å². The molecule has 1 fully saturated rings. The van der Waals surface area contributed by atoms with E-state index in [1.54, 1.807) is 48.1 Å². The molecule has 1 amide bonds. The van der Waals surface area contributed by atoms with Crippen LogP contribution in [0, 0.1) is 0 Å². The van der Waals surface area contributed by atoms with Gasteiger partial charge in [0.25, 0.3) is 5.91 Å². The van der Waals surface area contributed by atoms with E-state index in [0.29, 0.717) is 48.1 Å². The van der Waals surface area contributed by atoms with E-state index in [9.17, 15) is 18.0 Å². The summed E-state index contributed by atoms with van der Waals surface area (Å²) < 4.78 is 58.5. The number of morpholine rings is 1. The van der Waals surface area contributed by atoms with Crippen LogP contribution in [-0.2, 0) is 24.5 Å². The van der Waals surface area contributed by atoms with Crippen molar-refractivity contribution in [2.24, 2.45) is 7.05 Å². The number of rotatable bonds is 7. The van der Waals surface area contributed by atoms with Crippen LogP contribution >= 0.6 is 11.6 Å². The highest BCUT2D eigenvalue weighted by atomic mass is 35.5. The van der Waals surface area contributed by atoms with Gasteiger partial charge in [-0.25, -0.2) is 4.98 Å². The van der Waals surface area contributed by atoms with Crippen LogP contribution in [-0.4, -0.2) is 58.8 Å². The molecule has 4 aromatic rings. The van der Waals surface area contributed by atoms with Crippen molar-refractivity contribution in [3.8, 4) is 17.4 Å². The first-order chi connectivity index (χ1) is 19.1. The second kappa shape index (κ2) is 11.3. The van der Waals surface area contributed by atoms with Crippen molar-refractivity contribution >= 4 is 34.1 Å². The number of para-hydroxylation sites is 1. The number of aromatic nitrogens is 3. The van der Waals surface area contributed by atoms with E-state index in [1.165, 1.54) is 7.11 Å². The molecule has 0 unspecified atom stereocenters. The van der Waals surface area contributed by atoms with Crippen LogP contribution < -0.4 is 14.8 Å². The predicted molar refractivity (Wildman–Crippen MR) is 142 cm³/mol. The summed E-state index contributed by atoms with van der Waals surface area (Å²) in [5.41, 5.74) is -0.470. The summed E-state index contributed by atoms with van der Waals surface area (Å²) in [5.74, 6) is 0.731. The number of aryl methyl sites for hydroxylation is 1. The van der Waals surface area contributed by atoms with Gasteiger partial charge in [-0.3, -0.25) is 9.69 Å². The second-order valence-corrected chi connectivity index (χ2v) is 9.48. The number of halogens is 4. The minimum atomic E-state index is -4.71. The molecule has 0 radical (unpaired) electrons. The van der Waals surface area contributed by atoms with Crippen LogP contribution in [0.25, 0.3) is 10.9 Å². The second-order valence-electron chi connectivity index (χ2n) is 9.07. The van der Waals surface area contributed by atoms with E-state index < -0.39 is 22.7 Å². The van der Waals surface area contributed by atoms with Crippen LogP contribution in [0.2, 0.25) is 5.02 Å². The maximum absolute atomic E-state index is 13.4. The number of nitrogens with one attached hydrogen (secondary N) is 1. The number of hydrogen-bond acceptors (Lipinski definition) is 7. The third kappa shape index (κ3) is 5.83. The lowest BCUT2D eigenvalue weighted by Gasteiger charge is -2.25. The molecule has 1 N–H and O–H groups in total. The number of nitrogens with zero attached hydrogens (tertiary/aromatic N) is 4. The minimum absolute atomic E-state index is 0.00854. The Hall–Kier alpha value is -3.87. The molecule has 3 heterocycles. The maximum Gasteiger partial charge on any atom is 0.417 e. The zero-order valence-electron chi connectivity index (χ0n) is 21.6. The van der Waals surface area contributed by atoms with Gasteiger partial charge in [0.05, 0.1) is 48.7 Å². The fourth-order valence-corrected chi connectivity index (χ4v) is 4.75. The normalized spacial score (nSPS) is 14.3. The molecule has 0 atom stereocenters. The van der Waals surface area contributed by atoms with Crippen molar-refractivity contribution in [1.29, 1.82) is 0 Å². The Balaban J connectivity index is 1.41. The number of fused-ring (bicyclic) bond motifs is 1. The van der Waals surface area contributed by atoms with Crippen molar-refractivity contribution in [2.45, 2.75) is 12.7 Å². The average molecular weight is 576 g/mol. The third-order valence-electron chi connectivity index (χ3n) is 6.46.